The molecule has 222 valence electrons. The quantitative estimate of drug-likeness (QED) is 0.521. The number of likely N-dealkylation sites (tertiary alicyclic amines) is 1. The summed E-state index contributed by atoms with van der Waals surface area (Å²) in [6.45, 7) is 4.95. The number of piperazine rings is 1. The fourth-order valence-electron chi connectivity index (χ4n) is 6.46. The minimum Gasteiger partial charge on any atom is -0.480 e. The summed E-state index contributed by atoms with van der Waals surface area (Å²) < 4.78 is 49.2. The molecule has 11 heteroatoms. The van der Waals surface area contributed by atoms with E-state index in [4.69, 9.17) is 16.3 Å². The van der Waals surface area contributed by atoms with Crippen molar-refractivity contribution in [2.45, 2.75) is 44.2 Å². The number of carboxylic acid groups (broad SMARTS) is 1. The minimum atomic E-state index is -1.13. The van der Waals surface area contributed by atoms with Crippen molar-refractivity contribution in [3.05, 3.63) is 69.5 Å². The second-order valence-electron chi connectivity index (χ2n) is 11.3. The SMILES string of the molecule is Cc1ccc(C[C@@H](C(=O)O)N2CCN(C(=O)[C@@H]3CN(C4CCOCC4)C[C@H]3c3ccc(Cl)cc3F)CC2)c(F)c1F. The number of carbonyl (C=O) groups is 2. The lowest BCUT2D eigenvalue weighted by atomic mass is 9.87. The van der Waals surface area contributed by atoms with Crippen LogP contribution in [0.1, 0.15) is 35.4 Å². The number of benzene rings is 2. The Kier molecular flexibility index (Phi) is 9.23. The Morgan fingerprint density at radius 3 is 2.39 bits per heavy atom. The van der Waals surface area contributed by atoms with E-state index in [1.807, 2.05) is 0 Å². The van der Waals surface area contributed by atoms with Crippen molar-refractivity contribution in [3.8, 4) is 0 Å². The highest BCUT2D eigenvalue weighted by molar-refractivity contribution is 6.30. The van der Waals surface area contributed by atoms with Crippen molar-refractivity contribution in [3.63, 3.8) is 0 Å². The zero-order valence-corrected chi connectivity index (χ0v) is 23.8. The number of amides is 1. The van der Waals surface area contributed by atoms with Crippen molar-refractivity contribution in [1.82, 2.24) is 14.7 Å². The number of carbonyl (C=O) groups excluding carboxylic acids is 1. The lowest BCUT2D eigenvalue weighted by Crippen LogP contribution is -2.56. The van der Waals surface area contributed by atoms with Gasteiger partial charge in [0.1, 0.15) is 11.9 Å². The molecule has 0 radical (unpaired) electrons. The van der Waals surface area contributed by atoms with Crippen LogP contribution in [-0.4, -0.2) is 96.2 Å². The largest absolute Gasteiger partial charge is 0.480 e. The summed E-state index contributed by atoms with van der Waals surface area (Å²) in [6, 6.07) is 6.65. The molecule has 2 aromatic carbocycles. The molecule has 7 nitrogen and oxygen atoms in total. The van der Waals surface area contributed by atoms with Gasteiger partial charge in [-0.05, 0) is 48.6 Å². The summed E-state index contributed by atoms with van der Waals surface area (Å²) in [5.74, 6) is -4.45. The fourth-order valence-corrected chi connectivity index (χ4v) is 6.62. The van der Waals surface area contributed by atoms with Crippen LogP contribution in [0.15, 0.2) is 30.3 Å². The Hall–Kier alpha value is -2.66. The number of hydrogen-bond acceptors (Lipinski definition) is 5. The van der Waals surface area contributed by atoms with Gasteiger partial charge in [0.05, 0.1) is 5.92 Å². The number of rotatable bonds is 7. The lowest BCUT2D eigenvalue weighted by molar-refractivity contribution is -0.145. The summed E-state index contributed by atoms with van der Waals surface area (Å²) in [4.78, 5) is 31.7. The number of aliphatic carboxylic acids is 1. The van der Waals surface area contributed by atoms with E-state index in [1.54, 1.807) is 21.9 Å². The maximum atomic E-state index is 15.1. The average Bonchev–Trinajstić information content (AvgIpc) is 3.41. The van der Waals surface area contributed by atoms with Crippen LogP contribution in [0.2, 0.25) is 5.02 Å². The van der Waals surface area contributed by atoms with Gasteiger partial charge in [-0.25, -0.2) is 13.2 Å². The van der Waals surface area contributed by atoms with Crippen LogP contribution in [0, 0.1) is 30.3 Å². The second-order valence-corrected chi connectivity index (χ2v) is 11.7. The highest BCUT2D eigenvalue weighted by Crippen LogP contribution is 2.38. The molecule has 2 aromatic rings. The number of ether oxygens (including phenoxy) is 1. The fraction of sp³-hybridized carbons (Fsp3) is 0.533. The highest BCUT2D eigenvalue weighted by Gasteiger charge is 2.44. The number of nitrogens with zero attached hydrogens (tertiary/aromatic N) is 3. The third-order valence-corrected chi connectivity index (χ3v) is 9.09. The van der Waals surface area contributed by atoms with Gasteiger partial charge in [-0.2, -0.15) is 0 Å². The normalized spacial score (nSPS) is 23.6. The molecule has 3 aliphatic rings. The van der Waals surface area contributed by atoms with Gasteiger partial charge in [0.15, 0.2) is 11.6 Å². The first-order valence-electron chi connectivity index (χ1n) is 14.1. The molecule has 41 heavy (non-hydrogen) atoms. The molecule has 3 heterocycles. The number of halogens is 4. The van der Waals surface area contributed by atoms with Gasteiger partial charge in [0.25, 0.3) is 0 Å². The van der Waals surface area contributed by atoms with Gasteiger partial charge < -0.3 is 14.7 Å². The van der Waals surface area contributed by atoms with Crippen LogP contribution < -0.4 is 0 Å². The van der Waals surface area contributed by atoms with Gasteiger partial charge in [-0.3, -0.25) is 19.4 Å². The monoisotopic (exact) mass is 593 g/mol. The molecule has 0 bridgehead atoms. The zero-order chi connectivity index (χ0) is 29.3. The molecule has 0 spiro atoms. The maximum absolute atomic E-state index is 15.1. The first kappa shape index (κ1) is 29.8. The predicted molar refractivity (Wildman–Crippen MR) is 147 cm³/mol. The number of carboxylic acids is 1. The smallest absolute Gasteiger partial charge is 0.321 e. The lowest BCUT2D eigenvalue weighted by Gasteiger charge is -2.39. The zero-order valence-electron chi connectivity index (χ0n) is 23.0. The van der Waals surface area contributed by atoms with E-state index >= 15 is 4.39 Å². The summed E-state index contributed by atoms with van der Waals surface area (Å²) >= 11 is 6.01. The third-order valence-electron chi connectivity index (χ3n) is 8.85. The van der Waals surface area contributed by atoms with Crippen LogP contribution >= 0.6 is 11.6 Å². The van der Waals surface area contributed by atoms with Gasteiger partial charge in [-0.15, -0.1) is 0 Å². The molecule has 1 amide bonds. The second kappa shape index (κ2) is 12.7. The molecular weight excluding hydrogens is 559 g/mol. The Morgan fingerprint density at radius 1 is 1.02 bits per heavy atom. The molecule has 3 fully saturated rings. The van der Waals surface area contributed by atoms with E-state index < -0.39 is 35.4 Å². The summed E-state index contributed by atoms with van der Waals surface area (Å²) in [5, 5.41) is 10.2. The highest BCUT2D eigenvalue weighted by atomic mass is 35.5. The van der Waals surface area contributed by atoms with E-state index in [0.29, 0.717) is 36.9 Å². The Balaban J connectivity index is 1.29. The van der Waals surface area contributed by atoms with E-state index in [1.165, 1.54) is 25.1 Å². The summed E-state index contributed by atoms with van der Waals surface area (Å²) in [6.07, 6.45) is 1.53. The molecule has 1 N–H and O–H groups in total. The molecule has 3 saturated heterocycles. The molecule has 0 aromatic heterocycles. The van der Waals surface area contributed by atoms with Crippen LogP contribution in [0.4, 0.5) is 13.2 Å². The van der Waals surface area contributed by atoms with E-state index in [2.05, 4.69) is 4.90 Å². The topological polar surface area (TPSA) is 73.3 Å². The Labute approximate surface area is 242 Å². The predicted octanol–water partition coefficient (Wildman–Crippen LogP) is 4.10. The molecule has 0 unspecified atom stereocenters. The van der Waals surface area contributed by atoms with Crippen molar-refractivity contribution < 1.29 is 32.6 Å². The minimum absolute atomic E-state index is 0.00555. The average molecular weight is 594 g/mol. The molecule has 0 aliphatic carbocycles. The van der Waals surface area contributed by atoms with Gasteiger partial charge >= 0.3 is 5.97 Å². The first-order chi connectivity index (χ1) is 19.6. The van der Waals surface area contributed by atoms with E-state index in [-0.39, 0.29) is 61.6 Å². The van der Waals surface area contributed by atoms with Crippen molar-refractivity contribution in [1.29, 1.82) is 0 Å². The Bertz CT molecular complexity index is 1280. The Morgan fingerprint density at radius 2 is 1.73 bits per heavy atom. The molecule has 3 atom stereocenters. The van der Waals surface area contributed by atoms with Crippen LogP contribution in [0.5, 0.6) is 0 Å². The van der Waals surface area contributed by atoms with Crippen LogP contribution in [0.3, 0.4) is 0 Å². The van der Waals surface area contributed by atoms with Gasteiger partial charge in [0, 0.05) is 75.9 Å². The van der Waals surface area contributed by atoms with E-state index in [9.17, 15) is 23.5 Å². The molecule has 0 saturated carbocycles. The summed E-state index contributed by atoms with van der Waals surface area (Å²) in [5.41, 5.74) is 0.634. The molecular formula is C30H35ClF3N3O4. The van der Waals surface area contributed by atoms with Crippen molar-refractivity contribution in [2.24, 2.45) is 5.92 Å². The standard InChI is InChI=1S/C30H35ClF3N3O4/c1-18-2-3-19(28(34)27(18)33)14-26(30(39)40)35-8-10-36(11-9-35)29(38)24-17-37(21-6-12-41-13-7-21)16-23(24)22-5-4-20(31)15-25(22)32/h2-5,15,21,23-24,26H,6-14,16-17H2,1H3,(H,39,40)/t23-,24+,26-/m0/s1. The maximum Gasteiger partial charge on any atom is 0.321 e. The third kappa shape index (κ3) is 6.40. The van der Waals surface area contributed by atoms with Gasteiger partial charge in [-0.1, -0.05) is 29.8 Å². The first-order valence-corrected chi connectivity index (χ1v) is 14.5. The number of hydrogen-bond donors (Lipinski definition) is 1. The van der Waals surface area contributed by atoms with Crippen molar-refractivity contribution in [2.75, 3.05) is 52.5 Å². The molecule has 5 rings (SSSR count). The van der Waals surface area contributed by atoms with Crippen molar-refractivity contribution >= 4 is 23.5 Å². The van der Waals surface area contributed by atoms with Gasteiger partial charge in [0.2, 0.25) is 5.91 Å². The number of aryl methyl sites for hydroxylation is 1. The molecule has 3 aliphatic heterocycles. The summed E-state index contributed by atoms with van der Waals surface area (Å²) in [7, 11) is 0. The van der Waals surface area contributed by atoms with Crippen LogP contribution in [-0.2, 0) is 20.7 Å². The van der Waals surface area contributed by atoms with E-state index in [0.717, 1.165) is 12.8 Å². The van der Waals surface area contributed by atoms with Crippen LogP contribution in [0.25, 0.3) is 0 Å².